The number of nitrogens with one attached hydrogen (secondary N) is 4. The van der Waals surface area contributed by atoms with Gasteiger partial charge in [-0.15, -0.1) is 0 Å². The molecule has 1 aromatic carbocycles. The standard InChI is InChI=1S/C21H34N4O2/c1-15(2)18(5)22-20(26)13-24-9-11-25(12-10-24)14-21(27)23-19-8-6-7-16(3)17(19)4/h6-8,15,18H,9-14H2,1-5H3,(H,22,26)(H,23,27)/p+2/t18-/m1/s1. The average Bonchev–Trinajstić information content (AvgIpc) is 2.60. The van der Waals surface area contributed by atoms with E-state index in [1.54, 1.807) is 0 Å². The summed E-state index contributed by atoms with van der Waals surface area (Å²) in [6.07, 6.45) is 0. The molecule has 2 amide bonds. The molecule has 2 rings (SSSR count). The first-order valence-corrected chi connectivity index (χ1v) is 10.1. The molecule has 0 unspecified atom stereocenters. The normalized spacial score (nSPS) is 21.0. The Balaban J connectivity index is 1.73. The summed E-state index contributed by atoms with van der Waals surface area (Å²) >= 11 is 0. The highest BCUT2D eigenvalue weighted by Crippen LogP contribution is 2.17. The van der Waals surface area contributed by atoms with Gasteiger partial charge in [0.25, 0.3) is 11.8 Å². The van der Waals surface area contributed by atoms with Gasteiger partial charge in [0.1, 0.15) is 26.2 Å². The lowest BCUT2D eigenvalue weighted by molar-refractivity contribution is -1.00. The van der Waals surface area contributed by atoms with E-state index in [1.165, 1.54) is 15.4 Å². The summed E-state index contributed by atoms with van der Waals surface area (Å²) in [5.74, 6) is 0.633. The molecule has 6 heteroatoms. The van der Waals surface area contributed by atoms with Crippen molar-refractivity contribution in [3.63, 3.8) is 0 Å². The predicted octanol–water partition coefficient (Wildman–Crippen LogP) is -0.814. The summed E-state index contributed by atoms with van der Waals surface area (Å²) in [4.78, 5) is 27.1. The van der Waals surface area contributed by atoms with Crippen molar-refractivity contribution < 1.29 is 19.4 Å². The Morgan fingerprint density at radius 3 is 2.07 bits per heavy atom. The summed E-state index contributed by atoms with van der Waals surface area (Å²) < 4.78 is 0. The minimum absolute atomic E-state index is 0.0608. The van der Waals surface area contributed by atoms with E-state index in [1.807, 2.05) is 19.1 Å². The number of aryl methyl sites for hydroxylation is 1. The summed E-state index contributed by atoms with van der Waals surface area (Å²) in [6.45, 7) is 15.1. The van der Waals surface area contributed by atoms with Gasteiger partial charge in [-0.3, -0.25) is 9.59 Å². The second kappa shape index (κ2) is 9.85. The van der Waals surface area contributed by atoms with E-state index in [0.717, 1.165) is 37.4 Å². The fourth-order valence-corrected chi connectivity index (χ4v) is 3.32. The number of carbonyl (C=O) groups is 2. The first-order valence-electron chi connectivity index (χ1n) is 10.1. The van der Waals surface area contributed by atoms with Crippen LogP contribution >= 0.6 is 0 Å². The summed E-state index contributed by atoms with van der Waals surface area (Å²) in [5, 5.41) is 6.12. The van der Waals surface area contributed by atoms with Crippen LogP contribution in [0.3, 0.4) is 0 Å². The Morgan fingerprint density at radius 2 is 1.52 bits per heavy atom. The molecule has 6 nitrogen and oxygen atoms in total. The van der Waals surface area contributed by atoms with Crippen LogP contribution in [-0.2, 0) is 9.59 Å². The fraction of sp³-hybridized carbons (Fsp3) is 0.619. The number of quaternary nitrogens is 2. The van der Waals surface area contributed by atoms with Crippen LogP contribution in [0.15, 0.2) is 18.2 Å². The summed E-state index contributed by atoms with van der Waals surface area (Å²) in [5.41, 5.74) is 3.21. The van der Waals surface area contributed by atoms with Gasteiger partial charge in [0.2, 0.25) is 0 Å². The molecule has 1 aliphatic heterocycles. The molecule has 1 aromatic rings. The van der Waals surface area contributed by atoms with E-state index >= 15 is 0 Å². The van der Waals surface area contributed by atoms with E-state index in [-0.39, 0.29) is 17.9 Å². The predicted molar refractivity (Wildman–Crippen MR) is 108 cm³/mol. The van der Waals surface area contributed by atoms with E-state index in [9.17, 15) is 9.59 Å². The molecule has 0 bridgehead atoms. The van der Waals surface area contributed by atoms with Crippen molar-refractivity contribution in [3.05, 3.63) is 29.3 Å². The van der Waals surface area contributed by atoms with Crippen LogP contribution in [-0.4, -0.2) is 57.1 Å². The number of benzene rings is 1. The Hall–Kier alpha value is -1.92. The molecule has 27 heavy (non-hydrogen) atoms. The second-order valence-electron chi connectivity index (χ2n) is 8.25. The average molecular weight is 377 g/mol. The number of hydrogen-bond acceptors (Lipinski definition) is 2. The quantitative estimate of drug-likeness (QED) is 0.503. The fourth-order valence-electron chi connectivity index (χ4n) is 3.32. The maximum atomic E-state index is 12.4. The van der Waals surface area contributed by atoms with Crippen LogP contribution in [0.2, 0.25) is 0 Å². The zero-order valence-electron chi connectivity index (χ0n) is 17.4. The van der Waals surface area contributed by atoms with Crippen molar-refractivity contribution in [3.8, 4) is 0 Å². The van der Waals surface area contributed by atoms with Crippen LogP contribution < -0.4 is 20.4 Å². The van der Waals surface area contributed by atoms with Gasteiger partial charge in [-0.05, 0) is 43.9 Å². The Morgan fingerprint density at radius 1 is 0.963 bits per heavy atom. The van der Waals surface area contributed by atoms with Crippen LogP contribution in [0.5, 0.6) is 0 Å². The maximum Gasteiger partial charge on any atom is 0.279 e. The van der Waals surface area contributed by atoms with Gasteiger partial charge in [-0.2, -0.15) is 0 Å². The van der Waals surface area contributed by atoms with Crippen LogP contribution in [0.1, 0.15) is 31.9 Å². The Bertz CT molecular complexity index is 652. The summed E-state index contributed by atoms with van der Waals surface area (Å²) in [7, 11) is 0. The van der Waals surface area contributed by atoms with Gasteiger partial charge in [-0.1, -0.05) is 26.0 Å². The van der Waals surface area contributed by atoms with Crippen molar-refractivity contribution in [2.45, 2.75) is 40.7 Å². The molecule has 0 radical (unpaired) electrons. The lowest BCUT2D eigenvalue weighted by atomic mass is 10.1. The minimum Gasteiger partial charge on any atom is -0.348 e. The molecule has 1 saturated heterocycles. The molecule has 1 aliphatic rings. The molecule has 1 fully saturated rings. The molecule has 0 spiro atoms. The monoisotopic (exact) mass is 376 g/mol. The first kappa shape index (κ1) is 21.4. The zero-order valence-corrected chi connectivity index (χ0v) is 17.4. The van der Waals surface area contributed by atoms with Crippen molar-refractivity contribution in [1.82, 2.24) is 5.32 Å². The molecular weight excluding hydrogens is 340 g/mol. The van der Waals surface area contributed by atoms with E-state index < -0.39 is 0 Å². The van der Waals surface area contributed by atoms with Gasteiger partial charge >= 0.3 is 0 Å². The highest BCUT2D eigenvalue weighted by Gasteiger charge is 2.27. The van der Waals surface area contributed by atoms with Crippen molar-refractivity contribution in [1.29, 1.82) is 0 Å². The number of rotatable bonds is 7. The van der Waals surface area contributed by atoms with Crippen molar-refractivity contribution >= 4 is 17.5 Å². The molecular formula is C21H36N4O2+2. The van der Waals surface area contributed by atoms with Crippen LogP contribution in [0, 0.1) is 19.8 Å². The molecule has 1 atom stereocenters. The SMILES string of the molecule is Cc1cccc(NC(=O)C[NH+]2CC[NH+](CC(=O)N[C@H](C)C(C)C)CC2)c1C. The Kier molecular flexibility index (Phi) is 7.80. The van der Waals surface area contributed by atoms with Crippen LogP contribution in [0.25, 0.3) is 0 Å². The zero-order chi connectivity index (χ0) is 20.0. The lowest BCUT2D eigenvalue weighted by Gasteiger charge is -2.29. The molecule has 0 saturated carbocycles. The Labute approximate surface area is 163 Å². The van der Waals surface area contributed by atoms with E-state index in [2.05, 4.69) is 44.4 Å². The van der Waals surface area contributed by atoms with Crippen molar-refractivity contribution in [2.75, 3.05) is 44.6 Å². The molecule has 0 aromatic heterocycles. The van der Waals surface area contributed by atoms with Crippen LogP contribution in [0.4, 0.5) is 5.69 Å². The summed E-state index contributed by atoms with van der Waals surface area (Å²) in [6, 6.07) is 6.18. The third-order valence-corrected chi connectivity index (χ3v) is 5.75. The highest BCUT2D eigenvalue weighted by molar-refractivity contribution is 5.92. The second-order valence-corrected chi connectivity index (χ2v) is 8.25. The smallest absolute Gasteiger partial charge is 0.279 e. The molecule has 150 valence electrons. The number of carbonyl (C=O) groups excluding carboxylic acids is 2. The van der Waals surface area contributed by atoms with E-state index in [4.69, 9.17) is 0 Å². The van der Waals surface area contributed by atoms with Gasteiger partial charge < -0.3 is 20.4 Å². The maximum absolute atomic E-state index is 12.4. The largest absolute Gasteiger partial charge is 0.348 e. The first-order chi connectivity index (χ1) is 12.8. The van der Waals surface area contributed by atoms with E-state index in [0.29, 0.717) is 19.0 Å². The number of amides is 2. The highest BCUT2D eigenvalue weighted by atomic mass is 16.2. The van der Waals surface area contributed by atoms with Gasteiger partial charge in [-0.25, -0.2) is 0 Å². The molecule has 4 N–H and O–H groups in total. The lowest BCUT2D eigenvalue weighted by Crippen LogP contribution is -3.28. The third kappa shape index (κ3) is 6.63. The van der Waals surface area contributed by atoms with Gasteiger partial charge in [0.15, 0.2) is 13.1 Å². The molecule has 1 heterocycles. The third-order valence-electron chi connectivity index (χ3n) is 5.75. The molecule has 0 aliphatic carbocycles. The number of hydrogen-bond donors (Lipinski definition) is 4. The minimum atomic E-state index is 0.0608. The number of anilines is 1. The number of piperazine rings is 1. The van der Waals surface area contributed by atoms with Crippen molar-refractivity contribution in [2.24, 2.45) is 5.92 Å². The van der Waals surface area contributed by atoms with Gasteiger partial charge in [0.05, 0.1) is 0 Å². The van der Waals surface area contributed by atoms with Gasteiger partial charge in [0, 0.05) is 11.7 Å². The topological polar surface area (TPSA) is 67.1 Å².